The molecule has 77 heavy (non-hydrogen) atoms. The molecule has 16 atom stereocenters. The Morgan fingerprint density at radius 1 is 0.779 bits per heavy atom. The number of phenols is 1. The molecule has 1 aromatic carbocycles. The highest BCUT2D eigenvalue weighted by Gasteiger charge is 2.49. The van der Waals surface area contributed by atoms with E-state index in [9.17, 15) is 74.4 Å². The summed E-state index contributed by atoms with van der Waals surface area (Å²) in [6, 6.07) is -3.71. The molecule has 0 aromatic heterocycles. The van der Waals surface area contributed by atoms with Gasteiger partial charge in [-0.3, -0.25) is 38.9 Å². The molecule has 3 aliphatic rings. The number of nitrogens with two attached hydrogens (primary N) is 2. The number of benzene rings is 1. The van der Waals surface area contributed by atoms with Crippen LogP contribution >= 0.6 is 0 Å². The van der Waals surface area contributed by atoms with Crippen molar-refractivity contribution in [3.05, 3.63) is 29.8 Å². The molecule has 3 fully saturated rings. The summed E-state index contributed by atoms with van der Waals surface area (Å²) in [5, 5.41) is 103. The van der Waals surface area contributed by atoms with E-state index < -0.39 is 152 Å². The topological polar surface area (TPSA) is 400 Å². The second-order valence-corrected chi connectivity index (χ2v) is 21.6. The fraction of sp³-hybridized carbons (Fsp3) is 0.755. The Bertz CT molecular complexity index is 2070. The highest BCUT2D eigenvalue weighted by Crippen LogP contribution is 2.30. The van der Waals surface area contributed by atoms with E-state index in [-0.39, 0.29) is 56.8 Å². The molecule has 3 heterocycles. The van der Waals surface area contributed by atoms with Gasteiger partial charge in [0.25, 0.3) is 0 Å². The third kappa shape index (κ3) is 18.9. The zero-order valence-electron chi connectivity index (χ0n) is 45.2. The summed E-state index contributed by atoms with van der Waals surface area (Å²) in [5.41, 5.74) is 11.6. The minimum absolute atomic E-state index is 0.00176. The smallest absolute Gasteiger partial charge is 0.248 e. The van der Waals surface area contributed by atoms with Crippen molar-refractivity contribution < 1.29 is 74.4 Å². The number of carbonyl (C=O) groups is 7. The van der Waals surface area contributed by atoms with Crippen molar-refractivity contribution in [1.82, 2.24) is 36.4 Å². The maximum Gasteiger partial charge on any atom is 0.248 e. The van der Waals surface area contributed by atoms with Gasteiger partial charge >= 0.3 is 0 Å². The maximum absolute atomic E-state index is 14.6. The number of ketones is 1. The number of fused-ring (bicyclic) bond motifs is 2. The molecule has 24 nitrogen and oxygen atoms in total. The lowest BCUT2D eigenvalue weighted by Crippen LogP contribution is -2.65. The molecular weight excluding hydrogens is 1000 g/mol. The SMILES string of the molecule is CCC(C)CC(C)CCCCCCCCC(=O)N[C@H]1CC(=O)N[C@@H]([C@@H](C)O)C(=O)N2C[C@H](O)C[C@H]2C(=O)C[C@@H]([C@H](O)[C@@H](O)c2ccc(O)cc2)C(=O)N[C@@H]([C@H](O)CCN)C(=O)N2CC[C@H](O)[C@H]2C(=O)N[C@H](NCCN)[C@@H]1O. The average molecular weight is 1090 g/mol. The standard InChI is InChI=1S/C53H89N9O15/c1-5-29(2)24-30(3)12-10-8-6-7-9-11-13-41(69)57-36-27-42(70)58-43(31(4)63)52(76)62-28-34(65)25-37(62)40(68)26-35(47(72)46(71)32-14-16-33(64)17-15-32)50(74)59-44(38(66)18-20-54)53(77)61-23-19-39(67)45(61)51(75)60-49(48(36)73)56-22-21-55/h14-17,29-31,34-39,43-49,56,63-67,71-73H,5-13,18-28,54-55H2,1-4H3,(H,57,69)(H,58,70)(H,59,74)(H,60,75)/t29?,30?,31-,34-,35+,36+,37+,38-,39+,43+,44+,45+,46+,47+,48-,49+/m1/s1. The molecule has 2 unspecified atom stereocenters. The van der Waals surface area contributed by atoms with Gasteiger partial charge < -0.3 is 83.4 Å². The third-order valence-corrected chi connectivity index (χ3v) is 15.2. The molecule has 24 heteroatoms. The molecule has 3 saturated heterocycles. The molecular formula is C53H89N9O15. The van der Waals surface area contributed by atoms with E-state index in [1.54, 1.807) is 0 Å². The Morgan fingerprint density at radius 2 is 1.43 bits per heavy atom. The number of aliphatic hydroxyl groups excluding tert-OH is 7. The zero-order valence-corrected chi connectivity index (χ0v) is 45.2. The van der Waals surface area contributed by atoms with Crippen molar-refractivity contribution in [2.45, 2.75) is 203 Å². The molecule has 0 radical (unpaired) electrons. The van der Waals surface area contributed by atoms with E-state index in [2.05, 4.69) is 47.4 Å². The van der Waals surface area contributed by atoms with Crippen molar-refractivity contribution in [3.63, 3.8) is 0 Å². The summed E-state index contributed by atoms with van der Waals surface area (Å²) in [6.45, 7) is 6.81. The first-order valence-corrected chi connectivity index (χ1v) is 27.5. The van der Waals surface area contributed by atoms with Gasteiger partial charge in [0.15, 0.2) is 5.78 Å². The van der Waals surface area contributed by atoms with Gasteiger partial charge in [0.1, 0.15) is 42.2 Å². The summed E-state index contributed by atoms with van der Waals surface area (Å²) in [7, 11) is 0. The third-order valence-electron chi connectivity index (χ3n) is 15.2. The first kappa shape index (κ1) is 64.6. The van der Waals surface area contributed by atoms with Gasteiger partial charge in [-0.25, -0.2) is 0 Å². The minimum atomic E-state index is -2.16. The lowest BCUT2D eigenvalue weighted by Gasteiger charge is -2.35. The van der Waals surface area contributed by atoms with Crippen LogP contribution in [-0.2, 0) is 33.6 Å². The Labute approximate surface area is 451 Å². The van der Waals surface area contributed by atoms with Gasteiger partial charge in [0, 0.05) is 51.9 Å². The van der Waals surface area contributed by atoms with Gasteiger partial charge in [-0.2, -0.15) is 0 Å². The number of aromatic hydroxyl groups is 1. The van der Waals surface area contributed by atoms with Crippen LogP contribution in [0.2, 0.25) is 0 Å². The Balaban J connectivity index is 1.72. The second-order valence-electron chi connectivity index (χ2n) is 21.6. The Hall–Kier alpha value is -4.89. The van der Waals surface area contributed by atoms with Crippen LogP contribution in [0.3, 0.4) is 0 Å². The van der Waals surface area contributed by atoms with Crippen LogP contribution in [0.15, 0.2) is 24.3 Å². The minimum Gasteiger partial charge on any atom is -0.508 e. The monoisotopic (exact) mass is 1090 g/mol. The van der Waals surface area contributed by atoms with Gasteiger partial charge in [-0.05, 0) is 68.7 Å². The van der Waals surface area contributed by atoms with Crippen LogP contribution < -0.4 is 38.1 Å². The predicted molar refractivity (Wildman–Crippen MR) is 281 cm³/mol. The molecule has 0 saturated carbocycles. The number of hydrogen-bond donors (Lipinski definition) is 15. The fourth-order valence-electron chi connectivity index (χ4n) is 10.6. The normalized spacial score (nSPS) is 28.7. The van der Waals surface area contributed by atoms with Crippen LogP contribution in [0.5, 0.6) is 5.75 Å². The largest absolute Gasteiger partial charge is 0.508 e. The van der Waals surface area contributed by atoms with E-state index in [0.29, 0.717) is 18.3 Å². The average Bonchev–Trinajstić information content (AvgIpc) is 3.99. The first-order chi connectivity index (χ1) is 36.5. The number of nitrogens with one attached hydrogen (secondary N) is 5. The second kappa shape index (κ2) is 31.6. The summed E-state index contributed by atoms with van der Waals surface area (Å²) in [4.78, 5) is 102. The lowest BCUT2D eigenvalue weighted by molar-refractivity contribution is -0.149. The molecule has 0 aliphatic carbocycles. The van der Waals surface area contributed by atoms with Crippen LogP contribution in [-0.4, -0.2) is 198 Å². The van der Waals surface area contributed by atoms with Crippen molar-refractivity contribution in [2.75, 3.05) is 32.7 Å². The first-order valence-electron chi connectivity index (χ1n) is 27.5. The van der Waals surface area contributed by atoms with E-state index in [0.717, 1.165) is 54.7 Å². The number of aliphatic hydroxyl groups is 7. The van der Waals surface area contributed by atoms with E-state index in [1.807, 2.05) is 0 Å². The Morgan fingerprint density at radius 3 is 2.06 bits per heavy atom. The zero-order chi connectivity index (χ0) is 57.1. The molecule has 17 N–H and O–H groups in total. The lowest BCUT2D eigenvalue weighted by atomic mass is 9.86. The number of unbranched alkanes of at least 4 members (excludes halogenated alkanes) is 5. The van der Waals surface area contributed by atoms with Crippen molar-refractivity contribution >= 4 is 41.2 Å². The number of carbonyl (C=O) groups excluding carboxylic acids is 7. The predicted octanol–water partition coefficient (Wildman–Crippen LogP) is -2.22. The summed E-state index contributed by atoms with van der Waals surface area (Å²) >= 11 is 0. The molecule has 0 bridgehead atoms. The maximum atomic E-state index is 14.6. The van der Waals surface area contributed by atoms with E-state index in [4.69, 9.17) is 11.5 Å². The number of phenolic OH excluding ortho intramolecular Hbond substituents is 1. The van der Waals surface area contributed by atoms with Crippen molar-refractivity contribution in [3.8, 4) is 5.75 Å². The highest BCUT2D eigenvalue weighted by atomic mass is 16.3. The van der Waals surface area contributed by atoms with Gasteiger partial charge in [0.05, 0.1) is 48.5 Å². The molecule has 1 aromatic rings. The Kier molecular flexibility index (Phi) is 26.6. The summed E-state index contributed by atoms with van der Waals surface area (Å²) < 4.78 is 0. The summed E-state index contributed by atoms with van der Waals surface area (Å²) in [6.07, 6.45) is -7.70. The van der Waals surface area contributed by atoms with E-state index >= 15 is 0 Å². The molecule has 0 spiro atoms. The highest BCUT2D eigenvalue weighted by molar-refractivity contribution is 5.97. The fourth-order valence-corrected chi connectivity index (χ4v) is 10.6. The molecule has 3 aliphatic heterocycles. The van der Waals surface area contributed by atoms with Crippen LogP contribution in [0.1, 0.15) is 136 Å². The van der Waals surface area contributed by atoms with Gasteiger partial charge in [-0.15, -0.1) is 0 Å². The number of amides is 6. The number of nitrogens with zero attached hydrogens (tertiary/aromatic N) is 2. The van der Waals surface area contributed by atoms with Crippen LogP contribution in [0, 0.1) is 17.8 Å². The van der Waals surface area contributed by atoms with Gasteiger partial charge in [0.2, 0.25) is 35.4 Å². The number of rotatable bonds is 23. The van der Waals surface area contributed by atoms with E-state index in [1.165, 1.54) is 37.6 Å². The number of hydrogen-bond acceptors (Lipinski definition) is 18. The molecule has 4 rings (SSSR count). The number of Topliss-reactive ketones (excluding diaryl/α,β-unsaturated/α-hetero) is 1. The summed E-state index contributed by atoms with van der Waals surface area (Å²) in [5.74, 6) is -7.81. The molecule has 436 valence electrons. The molecule has 6 amide bonds. The van der Waals surface area contributed by atoms with Crippen molar-refractivity contribution in [1.29, 1.82) is 0 Å². The quantitative estimate of drug-likeness (QED) is 0.0516. The van der Waals surface area contributed by atoms with Gasteiger partial charge in [-0.1, -0.05) is 77.8 Å². The van der Waals surface area contributed by atoms with Crippen LogP contribution in [0.4, 0.5) is 0 Å². The van der Waals surface area contributed by atoms with Crippen LogP contribution in [0.25, 0.3) is 0 Å². The van der Waals surface area contributed by atoms with Crippen molar-refractivity contribution in [2.24, 2.45) is 29.2 Å².